The lowest BCUT2D eigenvalue weighted by Crippen LogP contribution is -2.15. The SMILES string of the molecule is CC(C)(O)c1cc(CN=[N+]=[N-])[nH]n1. The minimum Gasteiger partial charge on any atom is -0.384 e. The molecule has 1 heterocycles. The van der Waals surface area contributed by atoms with E-state index < -0.39 is 5.60 Å². The Balaban J connectivity index is 2.80. The average Bonchev–Trinajstić information content (AvgIpc) is 2.47. The van der Waals surface area contributed by atoms with E-state index in [1.807, 2.05) is 0 Å². The van der Waals surface area contributed by atoms with Crippen LogP contribution in [0.4, 0.5) is 0 Å². The van der Waals surface area contributed by atoms with Gasteiger partial charge in [-0.3, -0.25) is 5.10 Å². The first kappa shape index (κ1) is 9.57. The van der Waals surface area contributed by atoms with Gasteiger partial charge in [0.2, 0.25) is 0 Å². The number of hydrogen-bond acceptors (Lipinski definition) is 3. The summed E-state index contributed by atoms with van der Waals surface area (Å²) in [6.45, 7) is 3.50. The summed E-state index contributed by atoms with van der Waals surface area (Å²) in [5, 5.41) is 19.5. The van der Waals surface area contributed by atoms with Crippen LogP contribution in [0.3, 0.4) is 0 Å². The summed E-state index contributed by atoms with van der Waals surface area (Å²) in [6.07, 6.45) is 0. The second kappa shape index (κ2) is 3.47. The average molecular weight is 181 g/mol. The van der Waals surface area contributed by atoms with Crippen LogP contribution in [0.2, 0.25) is 0 Å². The summed E-state index contributed by atoms with van der Waals surface area (Å²) in [6, 6.07) is 1.68. The molecule has 0 atom stereocenters. The molecule has 70 valence electrons. The molecule has 0 spiro atoms. The van der Waals surface area contributed by atoms with E-state index in [0.717, 1.165) is 0 Å². The summed E-state index contributed by atoms with van der Waals surface area (Å²) >= 11 is 0. The van der Waals surface area contributed by atoms with Gasteiger partial charge in [0, 0.05) is 10.6 Å². The van der Waals surface area contributed by atoms with Crippen molar-refractivity contribution in [1.82, 2.24) is 10.2 Å². The van der Waals surface area contributed by atoms with Crippen LogP contribution in [0.25, 0.3) is 10.4 Å². The molecule has 0 amide bonds. The van der Waals surface area contributed by atoms with Gasteiger partial charge in [-0.15, -0.1) is 0 Å². The van der Waals surface area contributed by atoms with Crippen molar-refractivity contribution in [2.75, 3.05) is 0 Å². The van der Waals surface area contributed by atoms with E-state index in [1.165, 1.54) is 0 Å². The monoisotopic (exact) mass is 181 g/mol. The van der Waals surface area contributed by atoms with E-state index in [2.05, 4.69) is 20.2 Å². The largest absolute Gasteiger partial charge is 0.384 e. The van der Waals surface area contributed by atoms with Crippen molar-refractivity contribution in [3.8, 4) is 0 Å². The van der Waals surface area contributed by atoms with Gasteiger partial charge in [0.15, 0.2) is 0 Å². The lowest BCUT2D eigenvalue weighted by atomic mass is 10.1. The van der Waals surface area contributed by atoms with Gasteiger partial charge in [-0.25, -0.2) is 0 Å². The number of H-pyrrole nitrogens is 1. The standard InChI is InChI=1S/C7H11N5O/c1-7(2,13)6-3-5(10-11-6)4-9-12-8/h3,13H,4H2,1-2H3,(H,10,11). The van der Waals surface area contributed by atoms with Crippen LogP contribution >= 0.6 is 0 Å². The maximum absolute atomic E-state index is 9.54. The van der Waals surface area contributed by atoms with Gasteiger partial charge >= 0.3 is 0 Å². The summed E-state index contributed by atoms with van der Waals surface area (Å²) in [4.78, 5) is 2.62. The number of nitrogens with one attached hydrogen (secondary N) is 1. The summed E-state index contributed by atoms with van der Waals surface area (Å²) in [5.74, 6) is 0. The normalized spacial score (nSPS) is 11.0. The molecule has 1 aromatic heterocycles. The fourth-order valence-electron chi connectivity index (χ4n) is 0.864. The van der Waals surface area contributed by atoms with E-state index in [0.29, 0.717) is 11.4 Å². The first-order valence-electron chi connectivity index (χ1n) is 3.82. The summed E-state index contributed by atoms with van der Waals surface area (Å²) < 4.78 is 0. The van der Waals surface area contributed by atoms with E-state index in [1.54, 1.807) is 19.9 Å². The van der Waals surface area contributed by atoms with Crippen molar-refractivity contribution in [2.24, 2.45) is 5.11 Å². The van der Waals surface area contributed by atoms with Gasteiger partial charge in [0.05, 0.1) is 12.2 Å². The molecule has 1 rings (SSSR count). The maximum Gasteiger partial charge on any atom is 0.103 e. The van der Waals surface area contributed by atoms with Crippen LogP contribution < -0.4 is 0 Å². The Morgan fingerprint density at radius 3 is 2.92 bits per heavy atom. The Morgan fingerprint density at radius 1 is 1.77 bits per heavy atom. The van der Waals surface area contributed by atoms with E-state index >= 15 is 0 Å². The van der Waals surface area contributed by atoms with Crippen LogP contribution in [0.5, 0.6) is 0 Å². The molecule has 13 heavy (non-hydrogen) atoms. The second-order valence-electron chi connectivity index (χ2n) is 3.23. The molecule has 6 heteroatoms. The van der Waals surface area contributed by atoms with Crippen LogP contribution in [-0.4, -0.2) is 15.3 Å². The van der Waals surface area contributed by atoms with Crippen molar-refractivity contribution in [2.45, 2.75) is 26.0 Å². The first-order valence-corrected chi connectivity index (χ1v) is 3.82. The minimum absolute atomic E-state index is 0.222. The molecule has 1 aromatic rings. The molecule has 0 bridgehead atoms. The van der Waals surface area contributed by atoms with Gasteiger partial charge in [-0.1, -0.05) is 5.11 Å². The molecular weight excluding hydrogens is 170 g/mol. The van der Waals surface area contributed by atoms with Crippen molar-refractivity contribution >= 4 is 0 Å². The zero-order valence-corrected chi connectivity index (χ0v) is 7.52. The van der Waals surface area contributed by atoms with E-state index in [4.69, 9.17) is 5.53 Å². The third kappa shape index (κ3) is 2.47. The molecule has 0 saturated heterocycles. The first-order chi connectivity index (χ1) is 6.04. The summed E-state index contributed by atoms with van der Waals surface area (Å²) in [7, 11) is 0. The van der Waals surface area contributed by atoms with Gasteiger partial charge in [-0.05, 0) is 25.4 Å². The molecule has 0 aliphatic rings. The molecule has 0 unspecified atom stereocenters. The number of aliphatic hydroxyl groups is 1. The molecular formula is C7H11N5O. The fraction of sp³-hybridized carbons (Fsp3) is 0.571. The Labute approximate surface area is 75.2 Å². The zero-order chi connectivity index (χ0) is 9.90. The quantitative estimate of drug-likeness (QED) is 0.419. The number of aromatic nitrogens is 2. The number of azide groups is 1. The highest BCUT2D eigenvalue weighted by Crippen LogP contribution is 2.17. The molecule has 0 aromatic carbocycles. The van der Waals surface area contributed by atoms with Crippen molar-refractivity contribution < 1.29 is 5.11 Å². The predicted molar refractivity (Wildman–Crippen MR) is 46.7 cm³/mol. The van der Waals surface area contributed by atoms with E-state index in [-0.39, 0.29) is 6.54 Å². The number of rotatable bonds is 3. The Bertz CT molecular complexity index is 331. The number of nitrogens with zero attached hydrogens (tertiary/aromatic N) is 4. The van der Waals surface area contributed by atoms with Crippen molar-refractivity contribution in [3.63, 3.8) is 0 Å². The van der Waals surface area contributed by atoms with Gasteiger partial charge in [-0.2, -0.15) is 5.10 Å². The second-order valence-corrected chi connectivity index (χ2v) is 3.23. The fourth-order valence-corrected chi connectivity index (χ4v) is 0.864. The van der Waals surface area contributed by atoms with E-state index in [9.17, 15) is 5.11 Å². The predicted octanol–water partition coefficient (Wildman–Crippen LogP) is 1.45. The molecule has 2 N–H and O–H groups in total. The van der Waals surface area contributed by atoms with Crippen LogP contribution in [0.15, 0.2) is 11.2 Å². The van der Waals surface area contributed by atoms with Gasteiger partial charge in [0.1, 0.15) is 5.60 Å². The van der Waals surface area contributed by atoms with Gasteiger partial charge < -0.3 is 5.11 Å². The lowest BCUT2D eigenvalue weighted by Gasteiger charge is -2.12. The number of aromatic amines is 1. The molecule has 6 nitrogen and oxygen atoms in total. The molecule has 0 aliphatic carbocycles. The van der Waals surface area contributed by atoms with Crippen molar-refractivity contribution in [1.29, 1.82) is 0 Å². The van der Waals surface area contributed by atoms with Crippen molar-refractivity contribution in [3.05, 3.63) is 27.9 Å². The topological polar surface area (TPSA) is 97.7 Å². The highest BCUT2D eigenvalue weighted by Gasteiger charge is 2.19. The highest BCUT2D eigenvalue weighted by atomic mass is 16.3. The maximum atomic E-state index is 9.54. The Kier molecular flexibility index (Phi) is 2.55. The molecule has 0 saturated carbocycles. The molecule has 0 radical (unpaired) electrons. The van der Waals surface area contributed by atoms with Crippen LogP contribution in [-0.2, 0) is 12.1 Å². The Hall–Kier alpha value is -1.52. The summed E-state index contributed by atoms with van der Waals surface area (Å²) in [5.41, 5.74) is 8.33. The van der Waals surface area contributed by atoms with Gasteiger partial charge in [0.25, 0.3) is 0 Å². The molecule has 0 aliphatic heterocycles. The third-order valence-electron chi connectivity index (χ3n) is 1.56. The molecule has 0 fully saturated rings. The minimum atomic E-state index is -0.967. The third-order valence-corrected chi connectivity index (χ3v) is 1.56. The number of hydrogen-bond donors (Lipinski definition) is 2. The lowest BCUT2D eigenvalue weighted by molar-refractivity contribution is 0.0738. The smallest absolute Gasteiger partial charge is 0.103 e. The highest BCUT2D eigenvalue weighted by molar-refractivity contribution is 5.13. The Morgan fingerprint density at radius 2 is 2.46 bits per heavy atom. The zero-order valence-electron chi connectivity index (χ0n) is 7.52. The van der Waals surface area contributed by atoms with Crippen LogP contribution in [0, 0.1) is 0 Å². The van der Waals surface area contributed by atoms with Crippen LogP contribution in [0.1, 0.15) is 25.2 Å².